The number of aryl methyl sites for hydroxylation is 1. The summed E-state index contributed by atoms with van der Waals surface area (Å²) in [6.07, 6.45) is -0.784. The number of amides is 1. The van der Waals surface area contributed by atoms with E-state index in [1.165, 1.54) is 0 Å². The van der Waals surface area contributed by atoms with Crippen LogP contribution in [0.3, 0.4) is 0 Å². The van der Waals surface area contributed by atoms with Crippen LogP contribution in [0, 0.1) is 6.92 Å². The SMILES string of the molecule is Cc1cccc(NC(=O)C(C)O/N=C(\N)c2cccc(Cl)c2)c1. The van der Waals surface area contributed by atoms with Gasteiger partial charge in [0.2, 0.25) is 6.10 Å². The standard InChI is InChI=1S/C17H18ClN3O2/c1-11-5-3-8-15(9-11)20-17(22)12(2)23-21-16(19)13-6-4-7-14(18)10-13/h3-10,12H,1-2H3,(H2,19,21)(H,20,22). The molecule has 0 bridgehead atoms. The minimum Gasteiger partial charge on any atom is -0.381 e. The fraction of sp³-hybridized carbons (Fsp3) is 0.176. The number of carbonyl (C=O) groups is 1. The second kappa shape index (κ2) is 7.65. The summed E-state index contributed by atoms with van der Waals surface area (Å²) < 4.78 is 0. The first-order chi connectivity index (χ1) is 11.0. The molecule has 2 rings (SSSR count). The number of nitrogens with two attached hydrogens (primary N) is 1. The number of nitrogens with one attached hydrogen (secondary N) is 1. The summed E-state index contributed by atoms with van der Waals surface area (Å²) >= 11 is 5.89. The number of amidine groups is 1. The molecule has 23 heavy (non-hydrogen) atoms. The molecule has 6 heteroatoms. The maximum Gasteiger partial charge on any atom is 0.267 e. The molecule has 0 aromatic heterocycles. The molecule has 2 aromatic rings. The minimum absolute atomic E-state index is 0.155. The van der Waals surface area contributed by atoms with Crippen molar-refractivity contribution in [3.8, 4) is 0 Å². The Kier molecular flexibility index (Phi) is 5.60. The summed E-state index contributed by atoms with van der Waals surface area (Å²) in [4.78, 5) is 17.2. The number of hydrogen-bond acceptors (Lipinski definition) is 3. The van der Waals surface area contributed by atoms with Gasteiger partial charge >= 0.3 is 0 Å². The van der Waals surface area contributed by atoms with Crippen LogP contribution in [-0.4, -0.2) is 17.8 Å². The monoisotopic (exact) mass is 331 g/mol. The summed E-state index contributed by atoms with van der Waals surface area (Å²) in [5.74, 6) is -0.152. The molecule has 2 aromatic carbocycles. The van der Waals surface area contributed by atoms with Crippen molar-refractivity contribution in [3.63, 3.8) is 0 Å². The van der Waals surface area contributed by atoms with E-state index >= 15 is 0 Å². The Morgan fingerprint density at radius 3 is 2.70 bits per heavy atom. The lowest BCUT2D eigenvalue weighted by Gasteiger charge is -2.11. The zero-order valence-corrected chi connectivity index (χ0v) is 13.7. The molecule has 0 saturated carbocycles. The zero-order chi connectivity index (χ0) is 16.8. The maximum atomic E-state index is 12.1. The van der Waals surface area contributed by atoms with Crippen LogP contribution in [0.2, 0.25) is 5.02 Å². The fourth-order valence-corrected chi connectivity index (χ4v) is 2.04. The van der Waals surface area contributed by atoms with Crippen LogP contribution in [0.1, 0.15) is 18.1 Å². The number of anilines is 1. The molecule has 0 radical (unpaired) electrons. The highest BCUT2D eigenvalue weighted by atomic mass is 35.5. The highest BCUT2D eigenvalue weighted by Crippen LogP contribution is 2.12. The van der Waals surface area contributed by atoms with Gasteiger partial charge in [-0.2, -0.15) is 0 Å². The van der Waals surface area contributed by atoms with Gasteiger partial charge in [0, 0.05) is 16.3 Å². The van der Waals surface area contributed by atoms with Gasteiger partial charge in [0.25, 0.3) is 5.91 Å². The molecule has 0 saturated heterocycles. The smallest absolute Gasteiger partial charge is 0.267 e. The first kappa shape index (κ1) is 16.8. The molecule has 0 aliphatic rings. The fourth-order valence-electron chi connectivity index (χ4n) is 1.85. The van der Waals surface area contributed by atoms with E-state index in [-0.39, 0.29) is 11.7 Å². The summed E-state index contributed by atoms with van der Waals surface area (Å²) in [6.45, 7) is 3.55. The van der Waals surface area contributed by atoms with E-state index in [9.17, 15) is 4.79 Å². The van der Waals surface area contributed by atoms with Crippen molar-refractivity contribution in [3.05, 3.63) is 64.7 Å². The number of halogens is 1. The number of benzene rings is 2. The lowest BCUT2D eigenvalue weighted by molar-refractivity contribution is -0.126. The van der Waals surface area contributed by atoms with Crippen LogP contribution >= 0.6 is 11.6 Å². The molecule has 120 valence electrons. The molecule has 0 spiro atoms. The second-order valence-corrected chi connectivity index (χ2v) is 5.53. The third kappa shape index (κ3) is 5.00. The van der Waals surface area contributed by atoms with Crippen LogP contribution < -0.4 is 11.1 Å². The summed E-state index contributed by atoms with van der Waals surface area (Å²) in [6, 6.07) is 14.4. The highest BCUT2D eigenvalue weighted by Gasteiger charge is 2.15. The van der Waals surface area contributed by atoms with Gasteiger partial charge in [0.1, 0.15) is 0 Å². The van der Waals surface area contributed by atoms with Gasteiger partial charge in [-0.05, 0) is 43.7 Å². The molecular formula is C17H18ClN3O2. The van der Waals surface area contributed by atoms with Gasteiger partial charge in [-0.25, -0.2) is 0 Å². The largest absolute Gasteiger partial charge is 0.381 e. The van der Waals surface area contributed by atoms with E-state index < -0.39 is 6.10 Å². The maximum absolute atomic E-state index is 12.1. The van der Waals surface area contributed by atoms with Gasteiger partial charge in [0.05, 0.1) is 0 Å². The number of nitrogens with zero attached hydrogens (tertiary/aromatic N) is 1. The highest BCUT2D eigenvalue weighted by molar-refractivity contribution is 6.31. The molecule has 0 aliphatic carbocycles. The van der Waals surface area contributed by atoms with E-state index in [2.05, 4.69) is 10.5 Å². The second-order valence-electron chi connectivity index (χ2n) is 5.09. The van der Waals surface area contributed by atoms with Gasteiger partial charge in [-0.3, -0.25) is 4.79 Å². The summed E-state index contributed by atoms with van der Waals surface area (Å²) in [5.41, 5.74) is 8.21. The number of rotatable bonds is 5. The van der Waals surface area contributed by atoms with Crippen LogP contribution in [0.25, 0.3) is 0 Å². The van der Waals surface area contributed by atoms with E-state index in [1.807, 2.05) is 25.1 Å². The third-order valence-electron chi connectivity index (χ3n) is 3.08. The van der Waals surface area contributed by atoms with E-state index in [0.717, 1.165) is 5.56 Å². The van der Waals surface area contributed by atoms with Crippen molar-refractivity contribution in [2.45, 2.75) is 20.0 Å². The Morgan fingerprint density at radius 2 is 2.00 bits per heavy atom. The summed E-state index contributed by atoms with van der Waals surface area (Å²) in [5, 5.41) is 7.10. The lowest BCUT2D eigenvalue weighted by Crippen LogP contribution is -2.27. The quantitative estimate of drug-likeness (QED) is 0.501. The van der Waals surface area contributed by atoms with Crippen molar-refractivity contribution >= 4 is 29.0 Å². The molecule has 0 heterocycles. The van der Waals surface area contributed by atoms with Gasteiger partial charge < -0.3 is 15.9 Å². The van der Waals surface area contributed by atoms with Crippen molar-refractivity contribution < 1.29 is 9.63 Å². The van der Waals surface area contributed by atoms with Crippen molar-refractivity contribution in [1.29, 1.82) is 0 Å². The predicted molar refractivity (Wildman–Crippen MR) is 92.5 cm³/mol. The van der Waals surface area contributed by atoms with Crippen LogP contribution in [0.5, 0.6) is 0 Å². The Bertz CT molecular complexity index is 731. The van der Waals surface area contributed by atoms with E-state index in [1.54, 1.807) is 37.3 Å². The molecular weight excluding hydrogens is 314 g/mol. The van der Waals surface area contributed by atoms with E-state index in [4.69, 9.17) is 22.2 Å². The zero-order valence-electron chi connectivity index (χ0n) is 12.9. The predicted octanol–water partition coefficient (Wildman–Crippen LogP) is 3.31. The average molecular weight is 332 g/mol. The third-order valence-corrected chi connectivity index (χ3v) is 3.32. The van der Waals surface area contributed by atoms with Gasteiger partial charge in [0.15, 0.2) is 5.84 Å². The minimum atomic E-state index is -0.784. The Hall–Kier alpha value is -2.53. The number of hydrogen-bond donors (Lipinski definition) is 2. The molecule has 5 nitrogen and oxygen atoms in total. The molecule has 1 atom stereocenters. The summed E-state index contributed by atoms with van der Waals surface area (Å²) in [7, 11) is 0. The Morgan fingerprint density at radius 1 is 1.26 bits per heavy atom. The first-order valence-electron chi connectivity index (χ1n) is 7.08. The van der Waals surface area contributed by atoms with Gasteiger partial charge in [-0.15, -0.1) is 0 Å². The van der Waals surface area contributed by atoms with Crippen molar-refractivity contribution in [2.24, 2.45) is 10.9 Å². The van der Waals surface area contributed by atoms with Gasteiger partial charge in [-0.1, -0.05) is 41.0 Å². The van der Waals surface area contributed by atoms with Crippen molar-refractivity contribution in [1.82, 2.24) is 0 Å². The molecule has 1 unspecified atom stereocenters. The van der Waals surface area contributed by atoms with E-state index in [0.29, 0.717) is 16.3 Å². The molecule has 3 N–H and O–H groups in total. The first-order valence-corrected chi connectivity index (χ1v) is 7.46. The Labute approximate surface area is 140 Å². The van der Waals surface area contributed by atoms with Crippen LogP contribution in [-0.2, 0) is 9.63 Å². The lowest BCUT2D eigenvalue weighted by atomic mass is 10.2. The average Bonchev–Trinajstić information content (AvgIpc) is 2.52. The normalized spacial score (nSPS) is 12.6. The number of carbonyl (C=O) groups excluding carboxylic acids is 1. The molecule has 0 aliphatic heterocycles. The molecule has 1 amide bonds. The molecule has 0 fully saturated rings. The van der Waals surface area contributed by atoms with Crippen LogP contribution in [0.4, 0.5) is 5.69 Å². The topological polar surface area (TPSA) is 76.7 Å². The van der Waals surface area contributed by atoms with Crippen LogP contribution in [0.15, 0.2) is 53.7 Å². The number of oxime groups is 1. The Balaban J connectivity index is 1.96. The van der Waals surface area contributed by atoms with Crippen molar-refractivity contribution in [2.75, 3.05) is 5.32 Å².